The molecule has 0 radical (unpaired) electrons. The number of anilines is 1. The van der Waals surface area contributed by atoms with Gasteiger partial charge in [-0.1, -0.05) is 37.5 Å². The molecule has 1 fully saturated rings. The minimum atomic E-state index is -4.18. The van der Waals surface area contributed by atoms with Crippen LogP contribution >= 0.6 is 0 Å². The van der Waals surface area contributed by atoms with Crippen LogP contribution < -0.4 is 21.5 Å². The number of nitrogens with zero attached hydrogens (tertiary/aromatic N) is 1. The molecular weight excluding hydrogens is 493 g/mol. The zero-order valence-corrected chi connectivity index (χ0v) is 22.3. The lowest BCUT2D eigenvalue weighted by Crippen LogP contribution is -2.38. The molecule has 0 atom stereocenters. The number of carbonyl (C=O) groups is 1. The number of amides is 1. The van der Waals surface area contributed by atoms with Crippen LogP contribution in [0.2, 0.25) is 0 Å². The normalized spacial score (nSPS) is 17.5. The van der Waals surface area contributed by atoms with Crippen molar-refractivity contribution in [2.75, 3.05) is 18.0 Å². The fourth-order valence-corrected chi connectivity index (χ4v) is 5.31. The van der Waals surface area contributed by atoms with E-state index in [0.29, 0.717) is 17.2 Å². The molecule has 6 nitrogen and oxygen atoms in total. The number of aromatic nitrogens is 1. The van der Waals surface area contributed by atoms with E-state index in [0.717, 1.165) is 42.6 Å². The molecule has 38 heavy (non-hydrogen) atoms. The number of allylic oxidation sites excluding steroid dienone is 2. The van der Waals surface area contributed by atoms with Gasteiger partial charge in [0.1, 0.15) is 0 Å². The molecule has 4 rings (SSSR count). The van der Waals surface area contributed by atoms with Crippen LogP contribution in [0.3, 0.4) is 0 Å². The van der Waals surface area contributed by atoms with Gasteiger partial charge in [0.2, 0.25) is 0 Å². The Morgan fingerprint density at radius 1 is 1.08 bits per heavy atom. The van der Waals surface area contributed by atoms with E-state index in [4.69, 9.17) is 0 Å². The van der Waals surface area contributed by atoms with Gasteiger partial charge >= 0.3 is 6.18 Å². The summed E-state index contributed by atoms with van der Waals surface area (Å²) in [5, 5.41) is 3.04. The quantitative estimate of drug-likeness (QED) is 0.467. The van der Waals surface area contributed by atoms with Crippen LogP contribution in [-0.4, -0.2) is 36.2 Å². The highest BCUT2D eigenvalue weighted by atomic mass is 19.4. The van der Waals surface area contributed by atoms with E-state index in [-0.39, 0.29) is 18.0 Å². The van der Waals surface area contributed by atoms with E-state index in [9.17, 15) is 22.8 Å². The van der Waals surface area contributed by atoms with Gasteiger partial charge in [-0.25, -0.2) is 0 Å². The van der Waals surface area contributed by atoms with Gasteiger partial charge in [-0.15, -0.1) is 0 Å². The van der Waals surface area contributed by atoms with Gasteiger partial charge in [0.25, 0.3) is 11.5 Å². The average molecular weight is 533 g/mol. The molecule has 1 aromatic carbocycles. The lowest BCUT2D eigenvalue weighted by Gasteiger charge is -2.37. The molecule has 2 aromatic rings. The van der Waals surface area contributed by atoms with Gasteiger partial charge in [-0.3, -0.25) is 9.59 Å². The smallest absolute Gasteiger partial charge is 0.369 e. The molecule has 0 bridgehead atoms. The minimum absolute atomic E-state index is 0.107. The van der Waals surface area contributed by atoms with Crippen molar-refractivity contribution in [1.82, 2.24) is 10.3 Å². The van der Waals surface area contributed by atoms with Crippen LogP contribution in [0.15, 0.2) is 41.2 Å². The molecule has 1 amide bonds. The number of fused-ring (bicyclic) bond motifs is 2. The Hall–Kier alpha value is -3.07. The van der Waals surface area contributed by atoms with E-state index in [1.54, 1.807) is 0 Å². The number of benzene rings is 1. The lowest BCUT2D eigenvalue weighted by molar-refractivity contribution is -0.118. The van der Waals surface area contributed by atoms with Crippen LogP contribution in [-0.2, 0) is 19.4 Å². The summed E-state index contributed by atoms with van der Waals surface area (Å²) in [5.74, 6) is -0.110. The summed E-state index contributed by atoms with van der Waals surface area (Å²) in [7, 11) is 0. The zero-order valence-electron chi connectivity index (χ0n) is 22.3. The van der Waals surface area contributed by atoms with Gasteiger partial charge < -0.3 is 20.9 Å². The first-order chi connectivity index (χ1) is 18.1. The monoisotopic (exact) mass is 532 g/mol. The number of hydrogen-bond acceptors (Lipinski definition) is 4. The summed E-state index contributed by atoms with van der Waals surface area (Å²) < 4.78 is 32.0. The van der Waals surface area contributed by atoms with E-state index in [1.165, 1.54) is 37.8 Å². The number of aryl methyl sites for hydroxylation is 2. The first-order valence-electron chi connectivity index (χ1n) is 13.4. The zero-order chi connectivity index (χ0) is 27.7. The molecule has 2 aliphatic rings. The fraction of sp³-hybridized carbons (Fsp3) is 0.517. The molecule has 1 aliphatic heterocycles. The highest BCUT2D eigenvalue weighted by Crippen LogP contribution is 2.32. The third-order valence-electron chi connectivity index (χ3n) is 7.15. The summed E-state index contributed by atoms with van der Waals surface area (Å²) in [6, 6.07) is 8.66. The summed E-state index contributed by atoms with van der Waals surface area (Å²) in [6.45, 7) is 4.07. The van der Waals surface area contributed by atoms with Gasteiger partial charge in [0.15, 0.2) is 0 Å². The van der Waals surface area contributed by atoms with Crippen molar-refractivity contribution < 1.29 is 18.0 Å². The Kier molecular flexibility index (Phi) is 10.6. The van der Waals surface area contributed by atoms with Crippen molar-refractivity contribution in [3.05, 3.63) is 74.7 Å². The largest absolute Gasteiger partial charge is 0.400 e. The maximum Gasteiger partial charge on any atom is 0.400 e. The SMILES string of the molecule is CCN(c1cccc2c1C/C=C/CCc1cc(C)[nH]c(=O)c1CNC2=O)C1CCCCC1.NCC(F)(F)F. The first kappa shape index (κ1) is 29.5. The van der Waals surface area contributed by atoms with Crippen LogP contribution in [0.4, 0.5) is 18.9 Å². The maximum absolute atomic E-state index is 13.3. The van der Waals surface area contributed by atoms with E-state index in [2.05, 4.69) is 46.1 Å². The van der Waals surface area contributed by atoms with Gasteiger partial charge in [0, 0.05) is 41.6 Å². The molecule has 4 N–H and O–H groups in total. The van der Waals surface area contributed by atoms with Crippen molar-refractivity contribution in [1.29, 1.82) is 0 Å². The number of nitrogens with two attached hydrogens (primary N) is 1. The second-order valence-electron chi connectivity index (χ2n) is 9.88. The molecule has 208 valence electrons. The predicted octanol–water partition coefficient (Wildman–Crippen LogP) is 5.32. The number of carbonyl (C=O) groups excluding carboxylic acids is 1. The lowest BCUT2D eigenvalue weighted by atomic mass is 9.92. The van der Waals surface area contributed by atoms with Crippen LogP contribution in [0, 0.1) is 6.92 Å². The molecule has 9 heteroatoms. The third kappa shape index (κ3) is 7.96. The van der Waals surface area contributed by atoms with Gasteiger partial charge in [-0.2, -0.15) is 13.2 Å². The number of aromatic amines is 1. The second kappa shape index (κ2) is 13.6. The number of nitrogens with one attached hydrogen (secondary N) is 2. The number of alkyl halides is 3. The van der Waals surface area contributed by atoms with Crippen molar-refractivity contribution in [2.45, 2.75) is 84.0 Å². The molecule has 0 spiro atoms. The summed E-state index contributed by atoms with van der Waals surface area (Å²) in [4.78, 5) is 31.3. The van der Waals surface area contributed by atoms with Crippen molar-refractivity contribution in [3.63, 3.8) is 0 Å². The minimum Gasteiger partial charge on any atom is -0.369 e. The molecule has 1 saturated carbocycles. The molecule has 2 heterocycles. The predicted molar refractivity (Wildman–Crippen MR) is 146 cm³/mol. The summed E-state index contributed by atoms with van der Waals surface area (Å²) in [6.07, 6.45) is 8.94. The third-order valence-corrected chi connectivity index (χ3v) is 7.15. The fourth-order valence-electron chi connectivity index (χ4n) is 5.31. The first-order valence-corrected chi connectivity index (χ1v) is 13.4. The number of H-pyrrole nitrogens is 1. The number of rotatable bonds is 3. The molecule has 1 aromatic heterocycles. The number of halogens is 3. The summed E-state index contributed by atoms with van der Waals surface area (Å²) >= 11 is 0. The Morgan fingerprint density at radius 2 is 1.79 bits per heavy atom. The van der Waals surface area contributed by atoms with E-state index >= 15 is 0 Å². The highest BCUT2D eigenvalue weighted by molar-refractivity contribution is 5.97. The number of hydrogen-bond donors (Lipinski definition) is 3. The van der Waals surface area contributed by atoms with Crippen molar-refractivity contribution >= 4 is 11.6 Å². The van der Waals surface area contributed by atoms with Crippen LogP contribution in [0.1, 0.15) is 78.2 Å². The Labute approximate surface area is 222 Å². The number of pyridine rings is 1. The van der Waals surface area contributed by atoms with E-state index < -0.39 is 12.7 Å². The standard InChI is InChI=1S/C27H35N3O2.C2H4F3N/c1-3-30(21-12-7-5-8-13-21)25-16-10-15-23-22(25)14-9-4-6-11-20-17-19(2)29-27(32)24(20)18-28-26(23)31;3-2(4,5)1-6/h4,9-10,15-17,21H,3,5-8,11-14,18H2,1-2H3,(H,28,31)(H,29,32);1,6H2/b9-4+;. The second-order valence-corrected chi connectivity index (χ2v) is 9.88. The highest BCUT2D eigenvalue weighted by Gasteiger charge is 2.25. The Bertz CT molecular complexity index is 1170. The maximum atomic E-state index is 13.3. The van der Waals surface area contributed by atoms with E-state index in [1.807, 2.05) is 25.1 Å². The van der Waals surface area contributed by atoms with Gasteiger partial charge in [-0.05, 0) is 75.3 Å². The van der Waals surface area contributed by atoms with Crippen LogP contribution in [0.25, 0.3) is 0 Å². The summed E-state index contributed by atoms with van der Waals surface area (Å²) in [5.41, 5.74) is 9.59. The molecule has 0 saturated heterocycles. The Morgan fingerprint density at radius 3 is 2.45 bits per heavy atom. The molecule has 0 unspecified atom stereocenters. The topological polar surface area (TPSA) is 91.2 Å². The van der Waals surface area contributed by atoms with Crippen molar-refractivity contribution in [2.24, 2.45) is 5.73 Å². The van der Waals surface area contributed by atoms with Crippen molar-refractivity contribution in [3.8, 4) is 0 Å². The Balaban J connectivity index is 0.000000599. The molecule has 1 aliphatic carbocycles. The van der Waals surface area contributed by atoms with Gasteiger partial charge in [0.05, 0.1) is 6.54 Å². The molecular formula is C29H39F3N4O2. The van der Waals surface area contributed by atoms with Crippen LogP contribution in [0.5, 0.6) is 0 Å². The average Bonchev–Trinajstić information content (AvgIpc) is 2.88.